The summed E-state index contributed by atoms with van der Waals surface area (Å²) in [5.74, 6) is 0.0689. The van der Waals surface area contributed by atoms with E-state index < -0.39 is 18.1 Å². The number of aromatic hydroxyl groups is 1. The number of pyridine rings is 1. The number of halogens is 3. The predicted octanol–water partition coefficient (Wildman–Crippen LogP) is 3.81. The van der Waals surface area contributed by atoms with Crippen LogP contribution in [0, 0.1) is 5.41 Å². The van der Waals surface area contributed by atoms with Crippen molar-refractivity contribution < 1.29 is 23.4 Å². The third-order valence-electron chi connectivity index (χ3n) is 7.15. The predicted molar refractivity (Wildman–Crippen MR) is 116 cm³/mol. The zero-order chi connectivity index (χ0) is 23.2. The van der Waals surface area contributed by atoms with Crippen LogP contribution in [0.5, 0.6) is 5.75 Å². The molecule has 3 aromatic rings. The van der Waals surface area contributed by atoms with Crippen molar-refractivity contribution in [3.05, 3.63) is 41.6 Å². The van der Waals surface area contributed by atoms with E-state index in [1.165, 1.54) is 18.2 Å². The number of phenols is 1. The fourth-order valence-electron chi connectivity index (χ4n) is 5.14. The fourth-order valence-corrected chi connectivity index (χ4v) is 5.14. The number of hydrogen-bond acceptors (Lipinski definition) is 6. The number of phenolic OH excluding ortho intramolecular Hbond substituents is 1. The van der Waals surface area contributed by atoms with Crippen LogP contribution in [-0.4, -0.2) is 56.5 Å². The van der Waals surface area contributed by atoms with Crippen molar-refractivity contribution in [2.45, 2.75) is 38.1 Å². The number of aliphatic hydroxyl groups is 1. The molecule has 2 aromatic heterocycles. The van der Waals surface area contributed by atoms with Crippen LogP contribution >= 0.6 is 0 Å². The maximum Gasteiger partial charge on any atom is 0.433 e. The quantitative estimate of drug-likeness (QED) is 0.474. The number of aliphatic hydroxyl groups excluding tert-OH is 1. The molecule has 0 saturated carbocycles. The summed E-state index contributed by atoms with van der Waals surface area (Å²) in [4.78, 5) is 6.15. The first-order chi connectivity index (χ1) is 15.8. The Hall–Kier alpha value is -2.69. The SMILES string of the molecule is Oc1ccc(-c2cc(C(O)N3CCC4(CCNCC4)CC3)c3c(C(F)(F)F)[nH]nc3n2)cc1. The Bertz CT molecular complexity index is 1130. The van der Waals surface area contributed by atoms with Crippen LogP contribution in [0.4, 0.5) is 13.2 Å². The first-order valence-electron chi connectivity index (χ1n) is 11.1. The van der Waals surface area contributed by atoms with E-state index in [-0.39, 0.29) is 27.8 Å². The largest absolute Gasteiger partial charge is 0.508 e. The molecule has 1 spiro atoms. The molecule has 176 valence electrons. The zero-order valence-electron chi connectivity index (χ0n) is 18.0. The molecule has 4 heterocycles. The summed E-state index contributed by atoms with van der Waals surface area (Å²) in [6.45, 7) is 3.18. The first-order valence-corrected chi connectivity index (χ1v) is 11.1. The summed E-state index contributed by atoms with van der Waals surface area (Å²) in [6.07, 6.45) is -1.90. The van der Waals surface area contributed by atoms with E-state index in [2.05, 4.69) is 20.5 Å². The molecule has 2 aliphatic rings. The normalized spacial score (nSPS) is 20.4. The zero-order valence-corrected chi connectivity index (χ0v) is 18.0. The van der Waals surface area contributed by atoms with Crippen LogP contribution in [-0.2, 0) is 6.18 Å². The molecule has 7 nitrogen and oxygen atoms in total. The van der Waals surface area contributed by atoms with Crippen LogP contribution in [0.15, 0.2) is 30.3 Å². The second-order valence-electron chi connectivity index (χ2n) is 9.10. The van der Waals surface area contributed by atoms with E-state index in [0.717, 1.165) is 38.8 Å². The van der Waals surface area contributed by atoms with E-state index in [0.29, 0.717) is 24.3 Å². The lowest BCUT2D eigenvalue weighted by Gasteiger charge is -2.45. The first kappa shape index (κ1) is 22.1. The average molecular weight is 461 g/mol. The Morgan fingerprint density at radius 3 is 2.33 bits per heavy atom. The van der Waals surface area contributed by atoms with Gasteiger partial charge in [-0.1, -0.05) is 0 Å². The van der Waals surface area contributed by atoms with Crippen molar-refractivity contribution in [1.29, 1.82) is 0 Å². The van der Waals surface area contributed by atoms with Gasteiger partial charge in [0.05, 0.1) is 11.1 Å². The van der Waals surface area contributed by atoms with Gasteiger partial charge in [-0.05, 0) is 74.5 Å². The second-order valence-corrected chi connectivity index (χ2v) is 9.10. The molecule has 4 N–H and O–H groups in total. The number of nitrogens with one attached hydrogen (secondary N) is 2. The summed E-state index contributed by atoms with van der Waals surface area (Å²) >= 11 is 0. The fraction of sp³-hybridized carbons (Fsp3) is 0.478. The molecule has 0 aliphatic carbocycles. The number of nitrogens with zero attached hydrogens (tertiary/aromatic N) is 3. The van der Waals surface area contributed by atoms with Crippen LogP contribution in [0.25, 0.3) is 22.3 Å². The molecular weight excluding hydrogens is 435 g/mol. The summed E-state index contributed by atoms with van der Waals surface area (Å²) in [7, 11) is 0. The van der Waals surface area contributed by atoms with Gasteiger partial charge in [0.15, 0.2) is 5.65 Å². The van der Waals surface area contributed by atoms with Gasteiger partial charge in [-0.25, -0.2) is 4.98 Å². The second kappa shape index (κ2) is 8.27. The van der Waals surface area contributed by atoms with Crippen molar-refractivity contribution in [3.63, 3.8) is 0 Å². The number of likely N-dealkylation sites (tertiary alicyclic amines) is 1. The number of benzene rings is 1. The van der Waals surface area contributed by atoms with Crippen LogP contribution in [0.2, 0.25) is 0 Å². The summed E-state index contributed by atoms with van der Waals surface area (Å²) in [5, 5.41) is 29.9. The lowest BCUT2D eigenvalue weighted by Crippen LogP contribution is -2.46. The smallest absolute Gasteiger partial charge is 0.433 e. The molecule has 2 saturated heterocycles. The van der Waals surface area contributed by atoms with Gasteiger partial charge in [0, 0.05) is 24.2 Å². The lowest BCUT2D eigenvalue weighted by molar-refractivity contribution is -0.140. The van der Waals surface area contributed by atoms with Gasteiger partial charge in [0.2, 0.25) is 0 Å². The Labute approximate surface area is 188 Å². The van der Waals surface area contributed by atoms with Crippen LogP contribution in [0.1, 0.15) is 43.2 Å². The third-order valence-corrected chi connectivity index (χ3v) is 7.15. The number of piperidine rings is 2. The van der Waals surface area contributed by atoms with E-state index >= 15 is 0 Å². The number of aromatic nitrogens is 3. The van der Waals surface area contributed by atoms with E-state index in [1.54, 1.807) is 12.1 Å². The van der Waals surface area contributed by atoms with Crippen LogP contribution in [0.3, 0.4) is 0 Å². The number of hydrogen-bond donors (Lipinski definition) is 4. The highest BCUT2D eigenvalue weighted by molar-refractivity contribution is 5.85. The van der Waals surface area contributed by atoms with Crippen molar-refractivity contribution in [3.8, 4) is 17.0 Å². The Morgan fingerprint density at radius 2 is 1.70 bits per heavy atom. The van der Waals surface area contributed by atoms with Crippen molar-refractivity contribution in [2.75, 3.05) is 26.2 Å². The Balaban J connectivity index is 1.53. The molecule has 2 fully saturated rings. The minimum atomic E-state index is -4.66. The molecule has 1 aromatic carbocycles. The summed E-state index contributed by atoms with van der Waals surface area (Å²) in [5.41, 5.74) is 0.247. The molecule has 10 heteroatoms. The Kier molecular flexibility index (Phi) is 5.54. The van der Waals surface area contributed by atoms with Gasteiger partial charge in [-0.3, -0.25) is 10.00 Å². The molecular formula is C23H26F3N5O2. The maximum atomic E-state index is 13.7. The van der Waals surface area contributed by atoms with Gasteiger partial charge in [-0.15, -0.1) is 0 Å². The van der Waals surface area contributed by atoms with Gasteiger partial charge in [0.25, 0.3) is 0 Å². The molecule has 0 bridgehead atoms. The highest BCUT2D eigenvalue weighted by Crippen LogP contribution is 2.43. The molecule has 1 atom stereocenters. The number of H-pyrrole nitrogens is 1. The number of fused-ring (bicyclic) bond motifs is 1. The molecule has 5 rings (SSSR count). The van der Waals surface area contributed by atoms with Crippen molar-refractivity contribution in [1.82, 2.24) is 25.4 Å². The molecule has 0 amide bonds. The highest BCUT2D eigenvalue weighted by Gasteiger charge is 2.40. The molecule has 2 aliphatic heterocycles. The number of alkyl halides is 3. The monoisotopic (exact) mass is 461 g/mol. The van der Waals surface area contributed by atoms with Crippen molar-refractivity contribution in [2.24, 2.45) is 5.41 Å². The summed E-state index contributed by atoms with van der Waals surface area (Å²) < 4.78 is 41.1. The lowest BCUT2D eigenvalue weighted by atomic mass is 9.71. The standard InChI is InChI=1S/C23H26F3N5O2/c24-23(25,26)19-18-16(21(33)31-11-7-22(8-12-31)5-9-27-10-6-22)13-17(28-20(18)30-29-19)14-1-3-15(32)4-2-14/h1-4,13,21,27,32-33H,5-12H2,(H,28,29,30). The van der Waals surface area contributed by atoms with Crippen LogP contribution < -0.4 is 5.32 Å². The molecule has 1 unspecified atom stereocenters. The van der Waals surface area contributed by atoms with Gasteiger partial charge >= 0.3 is 6.18 Å². The minimum absolute atomic E-state index is 0.0689. The molecule has 33 heavy (non-hydrogen) atoms. The number of rotatable bonds is 3. The van der Waals surface area contributed by atoms with Crippen molar-refractivity contribution >= 4 is 11.0 Å². The van der Waals surface area contributed by atoms with Gasteiger partial charge < -0.3 is 15.5 Å². The van der Waals surface area contributed by atoms with Gasteiger partial charge in [0.1, 0.15) is 17.7 Å². The average Bonchev–Trinajstić information content (AvgIpc) is 3.24. The number of aromatic amines is 1. The third kappa shape index (κ3) is 4.18. The van der Waals surface area contributed by atoms with E-state index in [1.807, 2.05) is 4.90 Å². The van der Waals surface area contributed by atoms with E-state index in [4.69, 9.17) is 0 Å². The summed E-state index contributed by atoms with van der Waals surface area (Å²) in [6, 6.07) is 7.70. The molecule has 0 radical (unpaired) electrons. The van der Waals surface area contributed by atoms with E-state index in [9.17, 15) is 23.4 Å². The topological polar surface area (TPSA) is 97.3 Å². The van der Waals surface area contributed by atoms with Gasteiger partial charge in [-0.2, -0.15) is 18.3 Å². The Morgan fingerprint density at radius 1 is 1.03 bits per heavy atom. The maximum absolute atomic E-state index is 13.7. The minimum Gasteiger partial charge on any atom is -0.508 e. The highest BCUT2D eigenvalue weighted by atomic mass is 19.4.